The van der Waals surface area contributed by atoms with Gasteiger partial charge in [-0.3, -0.25) is 9.35 Å². The van der Waals surface area contributed by atoms with E-state index in [1.54, 1.807) is 11.8 Å². The van der Waals surface area contributed by atoms with Gasteiger partial charge in [0.15, 0.2) is 0 Å². The monoisotopic (exact) mass is 262 g/mol. The Bertz CT molecular complexity index is 267. The van der Waals surface area contributed by atoms with Crippen molar-refractivity contribution in [1.29, 1.82) is 0 Å². The molecule has 0 spiro atoms. The molecule has 0 saturated carbocycles. The molecule has 0 rings (SSSR count). The van der Waals surface area contributed by atoms with Gasteiger partial charge < -0.3 is 10.8 Å². The number of carbonyl (C=O) groups is 1. The topological polar surface area (TPSA) is 153 Å². The molecule has 1 atom stereocenters. The number of thioether (sulfide) groups is 1. The molecule has 0 amide bonds. The summed E-state index contributed by atoms with van der Waals surface area (Å²) in [6, 6.07) is -0.683. The van der Waals surface area contributed by atoms with Crippen molar-refractivity contribution in [2.75, 3.05) is 12.0 Å². The lowest BCUT2D eigenvalue weighted by Gasteiger charge is -2.02. The highest BCUT2D eigenvalue weighted by Crippen LogP contribution is 1.97. The Kier molecular flexibility index (Phi) is 10.1. The fraction of sp³-hybridized carbons (Fsp3) is 0.800. The first-order valence-corrected chi connectivity index (χ1v) is 6.33. The molecule has 0 aromatic carbocycles. The van der Waals surface area contributed by atoms with Gasteiger partial charge in [0.1, 0.15) is 6.04 Å². The van der Waals surface area contributed by atoms with Crippen molar-refractivity contribution in [3.05, 3.63) is 0 Å². The number of hydrogen-bond acceptors (Lipinski definition) is 7. The van der Waals surface area contributed by atoms with Crippen LogP contribution in [0.3, 0.4) is 0 Å². The number of carboxylic acid groups (broad SMARTS) is 1. The molecule has 0 bridgehead atoms. The van der Waals surface area contributed by atoms with Crippen LogP contribution in [0.25, 0.3) is 0 Å². The summed E-state index contributed by atoms with van der Waals surface area (Å²) >= 11 is 1.60. The van der Waals surface area contributed by atoms with E-state index in [1.807, 2.05) is 6.26 Å². The zero-order valence-corrected chi connectivity index (χ0v) is 9.62. The molecule has 92 valence electrons. The van der Waals surface area contributed by atoms with E-state index >= 15 is 0 Å². The average molecular weight is 262 g/mol. The predicted molar refractivity (Wildman–Crippen MR) is 55.4 cm³/mol. The van der Waals surface area contributed by atoms with Crippen LogP contribution in [0.4, 0.5) is 0 Å². The number of nitrogens with two attached hydrogens (primary N) is 2. The van der Waals surface area contributed by atoms with Gasteiger partial charge in [-0.05, 0) is 18.4 Å². The van der Waals surface area contributed by atoms with Crippen molar-refractivity contribution in [2.45, 2.75) is 12.5 Å². The molecule has 0 fully saturated rings. The van der Waals surface area contributed by atoms with E-state index in [-0.39, 0.29) is 0 Å². The van der Waals surface area contributed by atoms with Gasteiger partial charge in [0.25, 0.3) is 0 Å². The second-order valence-corrected chi connectivity index (χ2v) is 4.28. The van der Waals surface area contributed by atoms with Crippen LogP contribution in [0.2, 0.25) is 0 Å². The SMILES string of the molecule is CSCC[C@H](N)C(=O)O.NOS(=O)(=O)O. The van der Waals surface area contributed by atoms with E-state index in [4.69, 9.17) is 15.4 Å². The molecule has 0 aromatic heterocycles. The van der Waals surface area contributed by atoms with Gasteiger partial charge in [-0.15, -0.1) is 0 Å². The molecule has 0 heterocycles. The van der Waals surface area contributed by atoms with Crippen molar-refractivity contribution < 1.29 is 27.2 Å². The molecule has 6 N–H and O–H groups in total. The summed E-state index contributed by atoms with van der Waals surface area (Å²) in [6.45, 7) is 0. The maximum Gasteiger partial charge on any atom is 0.413 e. The minimum Gasteiger partial charge on any atom is -0.480 e. The van der Waals surface area contributed by atoms with Crippen molar-refractivity contribution in [1.82, 2.24) is 0 Å². The van der Waals surface area contributed by atoms with E-state index in [9.17, 15) is 13.2 Å². The third-order valence-electron chi connectivity index (χ3n) is 1.07. The van der Waals surface area contributed by atoms with Crippen LogP contribution < -0.4 is 11.6 Å². The molecular formula is C5H14N2O6S2. The largest absolute Gasteiger partial charge is 0.480 e. The summed E-state index contributed by atoms with van der Waals surface area (Å²) in [6.07, 6.45) is 2.48. The summed E-state index contributed by atoms with van der Waals surface area (Å²) in [4.78, 5) is 10.1. The molecule has 0 unspecified atom stereocenters. The molecule has 0 aromatic rings. The third kappa shape index (κ3) is 16.3. The zero-order chi connectivity index (χ0) is 12.5. The van der Waals surface area contributed by atoms with E-state index < -0.39 is 22.4 Å². The summed E-state index contributed by atoms with van der Waals surface area (Å²) in [5.41, 5.74) is 5.19. The first kappa shape index (κ1) is 17.0. The Balaban J connectivity index is 0. The first-order chi connectivity index (χ1) is 6.74. The third-order valence-corrected chi connectivity index (χ3v) is 1.96. The maximum absolute atomic E-state index is 10.1. The van der Waals surface area contributed by atoms with Gasteiger partial charge in [0.05, 0.1) is 0 Å². The Morgan fingerprint density at radius 1 is 1.60 bits per heavy atom. The highest BCUT2D eigenvalue weighted by Gasteiger charge is 2.08. The lowest BCUT2D eigenvalue weighted by Crippen LogP contribution is -2.30. The summed E-state index contributed by atoms with van der Waals surface area (Å²) in [5, 5.41) is 8.27. The van der Waals surface area contributed by atoms with E-state index in [0.29, 0.717) is 6.42 Å². The van der Waals surface area contributed by atoms with E-state index in [1.165, 1.54) is 0 Å². The molecule has 10 heteroatoms. The smallest absolute Gasteiger partial charge is 0.413 e. The number of carboxylic acids is 1. The minimum absolute atomic E-state index is 0.552. The minimum atomic E-state index is -4.38. The lowest BCUT2D eigenvalue weighted by atomic mass is 10.2. The average Bonchev–Trinajstić information content (AvgIpc) is 2.13. The fourth-order valence-electron chi connectivity index (χ4n) is 0.368. The van der Waals surface area contributed by atoms with Crippen LogP contribution in [-0.2, 0) is 19.5 Å². The van der Waals surface area contributed by atoms with Gasteiger partial charge >= 0.3 is 16.4 Å². The standard InChI is InChI=1S/C5H11NO2S.H3NO4S/c1-9-3-2-4(6)5(7)8;1-5-6(2,3)4/h4H,2-3,6H2,1H3,(H,7,8);1H2,(H,2,3,4)/t4-;/m0./s1. The van der Waals surface area contributed by atoms with Crippen LogP contribution >= 0.6 is 11.8 Å². The van der Waals surface area contributed by atoms with Gasteiger partial charge in [-0.2, -0.15) is 30.4 Å². The Hall–Kier alpha value is -0.390. The lowest BCUT2D eigenvalue weighted by molar-refractivity contribution is -0.138. The second-order valence-electron chi connectivity index (χ2n) is 2.25. The van der Waals surface area contributed by atoms with E-state index in [0.717, 1.165) is 5.75 Å². The van der Waals surface area contributed by atoms with Crippen molar-refractivity contribution in [2.24, 2.45) is 11.6 Å². The van der Waals surface area contributed by atoms with Gasteiger partial charge in [0, 0.05) is 0 Å². The summed E-state index contributed by atoms with van der Waals surface area (Å²) in [7, 11) is -4.38. The number of hydrogen-bond donors (Lipinski definition) is 4. The predicted octanol–water partition coefficient (Wildman–Crippen LogP) is -1.17. The Morgan fingerprint density at radius 2 is 2.00 bits per heavy atom. The number of aliphatic carboxylic acids is 1. The normalized spacial score (nSPS) is 12.5. The quantitative estimate of drug-likeness (QED) is 0.354. The maximum atomic E-state index is 10.1. The highest BCUT2D eigenvalue weighted by molar-refractivity contribution is 7.98. The summed E-state index contributed by atoms with van der Waals surface area (Å²) in [5.74, 6) is 3.87. The highest BCUT2D eigenvalue weighted by atomic mass is 32.3. The van der Waals surface area contributed by atoms with Crippen LogP contribution in [0, 0.1) is 0 Å². The van der Waals surface area contributed by atoms with Crippen LogP contribution in [0.15, 0.2) is 0 Å². The van der Waals surface area contributed by atoms with Crippen LogP contribution in [0.5, 0.6) is 0 Å². The molecular weight excluding hydrogens is 248 g/mol. The van der Waals surface area contributed by atoms with Gasteiger partial charge in [0.2, 0.25) is 0 Å². The zero-order valence-electron chi connectivity index (χ0n) is 7.99. The van der Waals surface area contributed by atoms with E-state index in [2.05, 4.69) is 10.2 Å². The molecule has 0 aliphatic heterocycles. The van der Waals surface area contributed by atoms with Crippen LogP contribution in [-0.4, -0.2) is 42.1 Å². The second kappa shape index (κ2) is 8.88. The van der Waals surface area contributed by atoms with Crippen molar-refractivity contribution in [3.63, 3.8) is 0 Å². The fourth-order valence-corrected chi connectivity index (χ4v) is 0.858. The van der Waals surface area contributed by atoms with Crippen molar-refractivity contribution >= 4 is 28.1 Å². The Morgan fingerprint density at radius 3 is 2.20 bits per heavy atom. The van der Waals surface area contributed by atoms with Gasteiger partial charge in [-0.25, -0.2) is 0 Å². The molecule has 15 heavy (non-hydrogen) atoms. The van der Waals surface area contributed by atoms with Crippen LogP contribution in [0.1, 0.15) is 6.42 Å². The summed E-state index contributed by atoms with van der Waals surface area (Å²) < 4.78 is 28.8. The molecule has 0 saturated heterocycles. The number of rotatable bonds is 5. The van der Waals surface area contributed by atoms with Gasteiger partial charge in [-0.1, -0.05) is 0 Å². The van der Waals surface area contributed by atoms with Crippen molar-refractivity contribution in [3.8, 4) is 0 Å². The molecule has 0 aliphatic rings. The Labute approximate surface area is 91.9 Å². The first-order valence-electron chi connectivity index (χ1n) is 3.57. The molecule has 8 nitrogen and oxygen atoms in total. The molecule has 0 radical (unpaired) electrons. The molecule has 0 aliphatic carbocycles.